The molecule has 1 saturated heterocycles. The van der Waals surface area contributed by atoms with Gasteiger partial charge < -0.3 is 25.5 Å². The number of nitrogens with one attached hydrogen (secondary N) is 1. The lowest BCUT2D eigenvalue weighted by molar-refractivity contribution is -0.113. The number of Topliss-reactive ketones (excluding diaryl/α,β-unsaturated/α-hetero) is 1. The Morgan fingerprint density at radius 2 is 1.82 bits per heavy atom. The van der Waals surface area contributed by atoms with E-state index in [0.29, 0.717) is 34.6 Å². The van der Waals surface area contributed by atoms with Crippen LogP contribution in [0.2, 0.25) is 0 Å². The molecular formula is C28H31N5O4S. The Hall–Kier alpha value is -3.18. The smallest absolute Gasteiger partial charge is 0.177 e. The molecule has 38 heavy (non-hydrogen) atoms. The zero-order valence-corrected chi connectivity index (χ0v) is 21.7. The molecule has 3 aliphatic rings. The topological polar surface area (TPSA) is 131 Å². The number of allylic oxidation sites excluding steroid dienone is 1. The van der Waals surface area contributed by atoms with Gasteiger partial charge in [0.25, 0.3) is 0 Å². The van der Waals surface area contributed by atoms with Gasteiger partial charge in [-0.25, -0.2) is 9.98 Å². The lowest BCUT2D eigenvalue weighted by Crippen LogP contribution is -2.43. The van der Waals surface area contributed by atoms with Crippen molar-refractivity contribution in [3.63, 3.8) is 0 Å². The maximum absolute atomic E-state index is 13.7. The van der Waals surface area contributed by atoms with Gasteiger partial charge in [-0.1, -0.05) is 12.1 Å². The Morgan fingerprint density at radius 1 is 1.05 bits per heavy atom. The number of aliphatic hydroxyl groups excluding tert-OH is 3. The second kappa shape index (κ2) is 10.5. The van der Waals surface area contributed by atoms with Gasteiger partial charge in [0, 0.05) is 38.0 Å². The summed E-state index contributed by atoms with van der Waals surface area (Å²) in [6.07, 6.45) is 4.00. The van der Waals surface area contributed by atoms with Crippen LogP contribution in [0.3, 0.4) is 0 Å². The summed E-state index contributed by atoms with van der Waals surface area (Å²) in [5.74, 6) is 1.03. The number of hydrogen-bond acceptors (Lipinski definition) is 10. The van der Waals surface area contributed by atoms with Crippen LogP contribution >= 0.6 is 11.3 Å². The highest BCUT2D eigenvalue weighted by atomic mass is 32.1. The van der Waals surface area contributed by atoms with Crippen molar-refractivity contribution in [3.05, 3.63) is 65.2 Å². The van der Waals surface area contributed by atoms with E-state index in [1.165, 1.54) is 16.9 Å². The number of benzene rings is 1. The van der Waals surface area contributed by atoms with Crippen LogP contribution in [-0.2, 0) is 4.79 Å². The van der Waals surface area contributed by atoms with Gasteiger partial charge in [0.2, 0.25) is 0 Å². The van der Waals surface area contributed by atoms with E-state index in [2.05, 4.69) is 27.3 Å². The number of pyridine rings is 1. The predicted octanol–water partition coefficient (Wildman–Crippen LogP) is 2.30. The first-order valence-corrected chi connectivity index (χ1v) is 13.9. The van der Waals surface area contributed by atoms with Crippen molar-refractivity contribution < 1.29 is 20.1 Å². The number of fused-ring (bicyclic) bond motifs is 1. The molecule has 0 spiro atoms. The van der Waals surface area contributed by atoms with Gasteiger partial charge in [-0.15, -0.1) is 11.3 Å². The van der Waals surface area contributed by atoms with E-state index in [1.54, 1.807) is 0 Å². The maximum Gasteiger partial charge on any atom is 0.177 e. The summed E-state index contributed by atoms with van der Waals surface area (Å²) in [6.45, 7) is 1.36. The number of likely N-dealkylation sites (tertiary alicyclic amines) is 1. The third-order valence-corrected chi connectivity index (χ3v) is 9.03. The van der Waals surface area contributed by atoms with Crippen molar-refractivity contribution in [2.75, 3.05) is 19.7 Å². The number of nitrogens with zero attached hydrogens (tertiary/aromatic N) is 4. The molecule has 4 atom stereocenters. The lowest BCUT2D eigenvalue weighted by Gasteiger charge is -2.36. The first-order valence-electron chi connectivity index (χ1n) is 13.1. The van der Waals surface area contributed by atoms with Gasteiger partial charge in [0.1, 0.15) is 22.8 Å². The third-order valence-electron chi connectivity index (χ3n) is 7.98. The first-order chi connectivity index (χ1) is 18.5. The number of para-hydroxylation sites is 1. The second-order valence-electron chi connectivity index (χ2n) is 10.3. The molecule has 2 aliphatic heterocycles. The fourth-order valence-corrected chi connectivity index (χ4v) is 6.84. The molecule has 10 heteroatoms. The van der Waals surface area contributed by atoms with Crippen molar-refractivity contribution in [1.29, 1.82) is 0 Å². The van der Waals surface area contributed by atoms with Gasteiger partial charge >= 0.3 is 0 Å². The quantitative estimate of drug-likeness (QED) is 0.393. The number of aromatic nitrogens is 2. The molecule has 198 valence electrons. The number of amidine groups is 1. The van der Waals surface area contributed by atoms with Crippen molar-refractivity contribution >= 4 is 38.7 Å². The van der Waals surface area contributed by atoms with E-state index in [4.69, 9.17) is 9.98 Å². The van der Waals surface area contributed by atoms with E-state index in [0.717, 1.165) is 36.1 Å². The van der Waals surface area contributed by atoms with Crippen LogP contribution in [0, 0.1) is 5.92 Å². The monoisotopic (exact) mass is 533 g/mol. The molecule has 2 fully saturated rings. The molecule has 0 radical (unpaired) electrons. The molecule has 2 aromatic heterocycles. The number of carbonyl (C=O) groups is 1. The molecule has 9 nitrogen and oxygen atoms in total. The minimum Gasteiger partial charge on any atom is -0.396 e. The van der Waals surface area contributed by atoms with Gasteiger partial charge in [-0.3, -0.25) is 9.78 Å². The lowest BCUT2D eigenvalue weighted by atomic mass is 9.89. The number of carbonyl (C=O) groups excluding carboxylic acids is 1. The first kappa shape index (κ1) is 25.1. The summed E-state index contributed by atoms with van der Waals surface area (Å²) < 4.78 is 0.978. The molecule has 6 rings (SSSR count). The molecule has 3 aromatic rings. The van der Waals surface area contributed by atoms with E-state index < -0.39 is 24.2 Å². The fraction of sp³-hybridized carbons (Fsp3) is 0.429. The van der Waals surface area contributed by atoms with Crippen molar-refractivity contribution in [3.8, 4) is 0 Å². The molecule has 4 N–H and O–H groups in total. The van der Waals surface area contributed by atoms with Crippen LogP contribution < -0.4 is 5.32 Å². The molecule has 0 unspecified atom stereocenters. The SMILES string of the molecule is O=C1CC(N2CCC(c3ccncc3)CC2)=NC(N[C@@H]2C[C@H](CO)[C@@H](O)[C@H]2O)=C1c1nc2ccccc2s1. The van der Waals surface area contributed by atoms with E-state index in [-0.39, 0.29) is 18.8 Å². The van der Waals surface area contributed by atoms with E-state index >= 15 is 0 Å². The van der Waals surface area contributed by atoms with E-state index in [9.17, 15) is 20.1 Å². The molecule has 0 amide bonds. The highest BCUT2D eigenvalue weighted by Crippen LogP contribution is 2.35. The van der Waals surface area contributed by atoms with Crippen LogP contribution in [0.4, 0.5) is 0 Å². The Bertz CT molecular complexity index is 1350. The normalized spacial score (nSPS) is 26.8. The highest BCUT2D eigenvalue weighted by Gasteiger charge is 2.42. The Labute approximate surface area is 224 Å². The van der Waals surface area contributed by atoms with Crippen molar-refractivity contribution in [2.24, 2.45) is 10.9 Å². The summed E-state index contributed by atoms with van der Waals surface area (Å²) in [5.41, 5.74) is 2.52. The number of thiazole rings is 1. The van der Waals surface area contributed by atoms with Crippen LogP contribution in [0.5, 0.6) is 0 Å². The average Bonchev–Trinajstić information content (AvgIpc) is 3.49. The molecular weight excluding hydrogens is 502 g/mol. The fourth-order valence-electron chi connectivity index (χ4n) is 5.81. The zero-order chi connectivity index (χ0) is 26.2. The largest absolute Gasteiger partial charge is 0.396 e. The van der Waals surface area contributed by atoms with Gasteiger partial charge in [-0.2, -0.15) is 0 Å². The zero-order valence-electron chi connectivity index (χ0n) is 20.9. The van der Waals surface area contributed by atoms with Crippen LogP contribution in [0.25, 0.3) is 15.8 Å². The Balaban J connectivity index is 1.31. The number of hydrogen-bond donors (Lipinski definition) is 4. The summed E-state index contributed by atoms with van der Waals surface area (Å²) in [7, 11) is 0. The highest BCUT2D eigenvalue weighted by molar-refractivity contribution is 7.19. The van der Waals surface area contributed by atoms with Crippen LogP contribution in [-0.4, -0.2) is 79.8 Å². The van der Waals surface area contributed by atoms with Crippen LogP contribution in [0.15, 0.2) is 59.6 Å². The second-order valence-corrected chi connectivity index (χ2v) is 11.3. The van der Waals surface area contributed by atoms with Gasteiger partial charge in [0.15, 0.2) is 5.78 Å². The summed E-state index contributed by atoms with van der Waals surface area (Å²) in [5, 5.41) is 34.5. The number of aliphatic hydroxyl groups is 3. The summed E-state index contributed by atoms with van der Waals surface area (Å²) >= 11 is 1.44. The summed E-state index contributed by atoms with van der Waals surface area (Å²) in [4.78, 5) is 29.6. The molecule has 1 aliphatic carbocycles. The van der Waals surface area contributed by atoms with Gasteiger partial charge in [-0.05, 0) is 55.0 Å². The maximum atomic E-state index is 13.7. The molecule has 1 saturated carbocycles. The summed E-state index contributed by atoms with van der Waals surface area (Å²) in [6, 6.07) is 11.3. The number of rotatable bonds is 5. The molecule has 0 bridgehead atoms. The van der Waals surface area contributed by atoms with Crippen molar-refractivity contribution in [2.45, 2.75) is 49.9 Å². The minimum absolute atomic E-state index is 0.0699. The van der Waals surface area contributed by atoms with E-state index in [1.807, 2.05) is 36.7 Å². The number of ketones is 1. The minimum atomic E-state index is -1.08. The Morgan fingerprint density at radius 3 is 2.53 bits per heavy atom. The standard InChI is InChI=1S/C28H31N5O4S/c34-15-18-13-20(26(37)25(18)36)30-27-24(28-31-19-3-1-2-4-22(19)38-28)21(35)14-23(32-27)33-11-7-17(8-12-33)16-5-9-29-10-6-16/h1-6,9-10,17-18,20,25-26,30,34,36-37H,7-8,11-15H2/t18-,20-,25-,26+/m1/s1. The average molecular weight is 534 g/mol. The van der Waals surface area contributed by atoms with Gasteiger partial charge in [0.05, 0.1) is 34.4 Å². The third kappa shape index (κ3) is 4.73. The van der Waals surface area contributed by atoms with Crippen molar-refractivity contribution in [1.82, 2.24) is 20.2 Å². The number of piperidine rings is 1. The molecule has 4 heterocycles. The Kier molecular flexibility index (Phi) is 6.96. The number of aliphatic imine (C=N–C) groups is 1. The van der Waals surface area contributed by atoms with Crippen LogP contribution in [0.1, 0.15) is 42.2 Å². The molecule has 1 aromatic carbocycles. The predicted molar refractivity (Wildman–Crippen MR) is 146 cm³/mol.